The van der Waals surface area contributed by atoms with Crippen LogP contribution in [0.1, 0.15) is 12.5 Å². The van der Waals surface area contributed by atoms with Gasteiger partial charge in [0.25, 0.3) is 0 Å². The molecule has 31 heavy (non-hydrogen) atoms. The molecule has 7 nitrogen and oxygen atoms in total. The number of nitrogens with zero attached hydrogens (tertiary/aromatic N) is 2. The molecule has 0 unspecified atom stereocenters. The Bertz CT molecular complexity index is 1080. The number of amides is 2. The fourth-order valence-electron chi connectivity index (χ4n) is 2.88. The van der Waals surface area contributed by atoms with E-state index in [-0.39, 0.29) is 22.3 Å². The number of hydrogen-bond acceptors (Lipinski definition) is 4. The van der Waals surface area contributed by atoms with Crippen LogP contribution in [0.4, 0.5) is 5.69 Å². The van der Waals surface area contributed by atoms with Crippen LogP contribution < -0.4 is 9.62 Å². The van der Waals surface area contributed by atoms with E-state index in [1.54, 1.807) is 31.2 Å². The fraction of sp³-hybridized carbons (Fsp3) is 0.300. The molecule has 168 valence electrons. The Balaban J connectivity index is 2.40. The van der Waals surface area contributed by atoms with Crippen molar-refractivity contribution >= 4 is 62.3 Å². The van der Waals surface area contributed by atoms with Crippen LogP contribution in [0.2, 0.25) is 15.1 Å². The highest BCUT2D eigenvalue weighted by Crippen LogP contribution is 2.28. The van der Waals surface area contributed by atoms with E-state index < -0.39 is 34.4 Å². The van der Waals surface area contributed by atoms with Crippen LogP contribution >= 0.6 is 34.8 Å². The third kappa shape index (κ3) is 6.74. The van der Waals surface area contributed by atoms with Gasteiger partial charge in [-0.05, 0) is 42.8 Å². The summed E-state index contributed by atoms with van der Waals surface area (Å²) in [6.07, 6.45) is 0.978. The number of benzene rings is 2. The topological polar surface area (TPSA) is 86.8 Å². The first kappa shape index (κ1) is 25.3. The molecule has 0 fully saturated rings. The third-order valence-electron chi connectivity index (χ3n) is 4.53. The number of rotatable bonds is 8. The minimum atomic E-state index is -3.84. The van der Waals surface area contributed by atoms with Crippen LogP contribution in [0.15, 0.2) is 42.5 Å². The Hall–Kier alpha value is -2.00. The molecule has 0 aliphatic rings. The average Bonchev–Trinajstić information content (AvgIpc) is 2.70. The average molecular weight is 507 g/mol. The van der Waals surface area contributed by atoms with Crippen molar-refractivity contribution in [3.63, 3.8) is 0 Å². The lowest BCUT2D eigenvalue weighted by Crippen LogP contribution is -2.50. The predicted molar refractivity (Wildman–Crippen MR) is 124 cm³/mol. The Morgan fingerprint density at radius 2 is 1.74 bits per heavy atom. The maximum Gasteiger partial charge on any atom is 0.244 e. The fourth-order valence-corrected chi connectivity index (χ4v) is 4.22. The molecule has 0 heterocycles. The number of hydrogen-bond donors (Lipinski definition) is 1. The Kier molecular flexibility index (Phi) is 8.59. The van der Waals surface area contributed by atoms with Crippen LogP contribution in [-0.2, 0) is 26.2 Å². The summed E-state index contributed by atoms with van der Waals surface area (Å²) in [5.41, 5.74) is 0.873. The molecule has 2 aromatic rings. The monoisotopic (exact) mass is 505 g/mol. The molecule has 0 saturated carbocycles. The summed E-state index contributed by atoms with van der Waals surface area (Å²) >= 11 is 18.0. The van der Waals surface area contributed by atoms with E-state index >= 15 is 0 Å². The number of likely N-dealkylation sites (N-methyl/N-ethyl adjacent to an activating group) is 1. The second-order valence-electron chi connectivity index (χ2n) is 6.81. The molecule has 2 amide bonds. The molecule has 0 aromatic heterocycles. The van der Waals surface area contributed by atoms with Gasteiger partial charge in [-0.15, -0.1) is 0 Å². The zero-order chi connectivity index (χ0) is 23.3. The summed E-state index contributed by atoms with van der Waals surface area (Å²) in [6, 6.07) is 10.2. The molecule has 2 rings (SSSR count). The predicted octanol–water partition coefficient (Wildman–Crippen LogP) is 3.58. The highest BCUT2D eigenvalue weighted by molar-refractivity contribution is 7.92. The number of nitrogens with one attached hydrogen (secondary N) is 1. The smallest absolute Gasteiger partial charge is 0.244 e. The maximum absolute atomic E-state index is 13.2. The third-order valence-corrected chi connectivity index (χ3v) is 6.64. The van der Waals surface area contributed by atoms with Crippen molar-refractivity contribution in [1.82, 2.24) is 10.2 Å². The lowest BCUT2D eigenvalue weighted by Gasteiger charge is -2.31. The van der Waals surface area contributed by atoms with Crippen molar-refractivity contribution in [2.45, 2.75) is 19.5 Å². The summed E-state index contributed by atoms with van der Waals surface area (Å²) in [4.78, 5) is 26.8. The summed E-state index contributed by atoms with van der Waals surface area (Å²) in [5.74, 6) is -0.969. The first-order valence-electron chi connectivity index (χ1n) is 9.12. The van der Waals surface area contributed by atoms with Gasteiger partial charge >= 0.3 is 0 Å². The molecule has 0 aliphatic heterocycles. The summed E-state index contributed by atoms with van der Waals surface area (Å²) in [6.45, 7) is 1.09. The number of sulfonamides is 1. The lowest BCUT2D eigenvalue weighted by atomic mass is 10.1. The van der Waals surface area contributed by atoms with Gasteiger partial charge in [0.15, 0.2) is 0 Å². The molecular weight excluding hydrogens is 485 g/mol. The van der Waals surface area contributed by atoms with Crippen LogP contribution in [0.3, 0.4) is 0 Å². The van der Waals surface area contributed by atoms with E-state index in [2.05, 4.69) is 5.32 Å². The van der Waals surface area contributed by atoms with Gasteiger partial charge in [0.2, 0.25) is 21.8 Å². The number of carbonyl (C=O) groups is 2. The zero-order valence-corrected chi connectivity index (χ0v) is 20.2. The summed E-state index contributed by atoms with van der Waals surface area (Å²) in [5, 5.41) is 3.38. The second-order valence-corrected chi connectivity index (χ2v) is 9.97. The molecule has 11 heteroatoms. The molecule has 0 aliphatic carbocycles. The number of carbonyl (C=O) groups excluding carboxylic acids is 2. The van der Waals surface area contributed by atoms with Crippen molar-refractivity contribution in [1.29, 1.82) is 0 Å². The van der Waals surface area contributed by atoms with Crippen molar-refractivity contribution in [3.05, 3.63) is 63.1 Å². The molecule has 2 aromatic carbocycles. The molecule has 0 spiro atoms. The van der Waals surface area contributed by atoms with Crippen LogP contribution in [0.25, 0.3) is 0 Å². The summed E-state index contributed by atoms with van der Waals surface area (Å²) in [7, 11) is -2.39. The number of halogens is 3. The van der Waals surface area contributed by atoms with Crippen LogP contribution in [0.5, 0.6) is 0 Å². The highest BCUT2D eigenvalue weighted by Gasteiger charge is 2.29. The normalized spacial score (nSPS) is 12.2. The van der Waals surface area contributed by atoms with Gasteiger partial charge in [-0.2, -0.15) is 0 Å². The van der Waals surface area contributed by atoms with Gasteiger partial charge in [0, 0.05) is 18.6 Å². The van der Waals surface area contributed by atoms with Crippen molar-refractivity contribution in [3.8, 4) is 0 Å². The molecule has 1 atom stereocenters. The summed E-state index contributed by atoms with van der Waals surface area (Å²) < 4.78 is 25.8. The Morgan fingerprint density at radius 3 is 2.29 bits per heavy atom. The Morgan fingerprint density at radius 1 is 1.06 bits per heavy atom. The molecule has 0 radical (unpaired) electrons. The molecule has 1 N–H and O–H groups in total. The molecular formula is C20H22Cl3N3O4S. The lowest BCUT2D eigenvalue weighted by molar-refractivity contribution is -0.139. The first-order valence-corrected chi connectivity index (χ1v) is 12.1. The zero-order valence-electron chi connectivity index (χ0n) is 17.1. The highest BCUT2D eigenvalue weighted by atomic mass is 35.5. The van der Waals surface area contributed by atoms with E-state index in [1.807, 2.05) is 0 Å². The van der Waals surface area contributed by atoms with Crippen LogP contribution in [0, 0.1) is 0 Å². The van der Waals surface area contributed by atoms with Gasteiger partial charge in [0.1, 0.15) is 12.6 Å². The van der Waals surface area contributed by atoms with E-state index in [9.17, 15) is 18.0 Å². The van der Waals surface area contributed by atoms with E-state index in [0.717, 1.165) is 10.6 Å². The van der Waals surface area contributed by atoms with Gasteiger partial charge in [-0.3, -0.25) is 13.9 Å². The van der Waals surface area contributed by atoms with E-state index in [0.29, 0.717) is 10.6 Å². The van der Waals surface area contributed by atoms with Crippen molar-refractivity contribution < 1.29 is 18.0 Å². The SMILES string of the molecule is CNC(=O)[C@H](C)N(Cc1cccc(Cl)c1)C(=O)CN(c1ccc(Cl)c(Cl)c1)S(C)(=O)=O. The largest absolute Gasteiger partial charge is 0.357 e. The van der Waals surface area contributed by atoms with Crippen molar-refractivity contribution in [2.75, 3.05) is 24.2 Å². The Labute approximate surface area is 196 Å². The van der Waals surface area contributed by atoms with Crippen LogP contribution in [-0.4, -0.2) is 51.0 Å². The standard InChI is InChI=1S/C20H22Cl3N3O4S/c1-13(20(28)24-2)25(11-14-5-4-6-15(21)9-14)19(27)12-26(31(3,29)30)16-7-8-17(22)18(23)10-16/h4-10,13H,11-12H2,1-3H3,(H,24,28)/t13-/m0/s1. The van der Waals surface area contributed by atoms with E-state index in [1.165, 1.54) is 30.1 Å². The quantitative estimate of drug-likeness (QED) is 0.593. The minimum absolute atomic E-state index is 0.0625. The maximum atomic E-state index is 13.2. The second kappa shape index (κ2) is 10.5. The van der Waals surface area contributed by atoms with Gasteiger partial charge in [0.05, 0.1) is 22.0 Å². The van der Waals surface area contributed by atoms with Gasteiger partial charge < -0.3 is 10.2 Å². The van der Waals surface area contributed by atoms with E-state index in [4.69, 9.17) is 34.8 Å². The molecule has 0 saturated heterocycles. The number of anilines is 1. The van der Waals surface area contributed by atoms with Gasteiger partial charge in [-0.1, -0.05) is 46.9 Å². The minimum Gasteiger partial charge on any atom is -0.357 e. The first-order chi connectivity index (χ1) is 14.4. The molecule has 0 bridgehead atoms. The van der Waals surface area contributed by atoms with Crippen molar-refractivity contribution in [2.24, 2.45) is 0 Å². The van der Waals surface area contributed by atoms with Gasteiger partial charge in [-0.25, -0.2) is 8.42 Å².